The highest BCUT2D eigenvalue weighted by Crippen LogP contribution is 2.11. The highest BCUT2D eigenvalue weighted by atomic mass is 32.2. The highest BCUT2D eigenvalue weighted by Gasteiger charge is 1.93. The maximum atomic E-state index is 10.6. The second kappa shape index (κ2) is 3.76. The van der Waals surface area contributed by atoms with E-state index in [0.717, 1.165) is 4.21 Å². The van der Waals surface area contributed by atoms with Gasteiger partial charge in [0.05, 0.1) is 15.0 Å². The minimum Gasteiger partial charge on any atom is -0.412 e. The van der Waals surface area contributed by atoms with Crippen LogP contribution in [-0.4, -0.2) is 15.9 Å². The smallest absolute Gasteiger partial charge is 0.0907 e. The molecule has 0 saturated carbocycles. The van der Waals surface area contributed by atoms with Crippen LogP contribution in [0.5, 0.6) is 0 Å². The van der Waals surface area contributed by atoms with Crippen LogP contribution in [0.25, 0.3) is 0 Å². The molecule has 1 rings (SSSR count). The van der Waals surface area contributed by atoms with Crippen LogP contribution in [0, 0.1) is 0 Å². The fraction of sp³-hybridized carbons (Fsp3) is 0.200. The molecule has 4 heteroatoms. The Morgan fingerprint density at radius 3 is 2.56 bits per heavy atom. The van der Waals surface area contributed by atoms with E-state index in [1.807, 2.05) is 17.5 Å². The van der Waals surface area contributed by atoms with Gasteiger partial charge in [-0.15, -0.1) is 11.3 Å². The van der Waals surface area contributed by atoms with Crippen molar-refractivity contribution < 1.29 is 9.69 Å². The fourth-order valence-electron chi connectivity index (χ4n) is 0.427. The van der Waals surface area contributed by atoms with Crippen molar-refractivity contribution in [3.8, 4) is 0 Å². The SMILES string of the molecule is CS(=O)c1cccs1.O. The average molecular weight is 164 g/mol. The molecule has 1 unspecified atom stereocenters. The molecule has 0 aliphatic heterocycles. The summed E-state index contributed by atoms with van der Waals surface area (Å²) >= 11 is 1.53. The Balaban J connectivity index is 0.000000640. The summed E-state index contributed by atoms with van der Waals surface area (Å²) in [5.41, 5.74) is 0. The predicted octanol–water partition coefficient (Wildman–Crippen LogP) is 0.661. The summed E-state index contributed by atoms with van der Waals surface area (Å²) in [7, 11) is -0.779. The van der Waals surface area contributed by atoms with Gasteiger partial charge in [-0.1, -0.05) is 6.07 Å². The number of hydrogen-bond acceptors (Lipinski definition) is 2. The normalized spacial score (nSPS) is 12.1. The summed E-state index contributed by atoms with van der Waals surface area (Å²) < 4.78 is 11.6. The Bertz CT molecular complexity index is 181. The maximum absolute atomic E-state index is 10.6. The Hall–Kier alpha value is -0.190. The predicted molar refractivity (Wildman–Crippen MR) is 40.3 cm³/mol. The highest BCUT2D eigenvalue weighted by molar-refractivity contribution is 7.86. The van der Waals surface area contributed by atoms with Gasteiger partial charge >= 0.3 is 0 Å². The van der Waals surface area contributed by atoms with Crippen molar-refractivity contribution in [2.45, 2.75) is 4.21 Å². The lowest BCUT2D eigenvalue weighted by molar-refractivity contribution is 0.688. The first kappa shape index (κ1) is 8.81. The van der Waals surface area contributed by atoms with Gasteiger partial charge in [0.1, 0.15) is 0 Å². The zero-order valence-electron chi connectivity index (χ0n) is 4.96. The van der Waals surface area contributed by atoms with Gasteiger partial charge in [-0.05, 0) is 11.4 Å². The van der Waals surface area contributed by atoms with Crippen molar-refractivity contribution in [1.82, 2.24) is 0 Å². The lowest BCUT2D eigenvalue weighted by atomic mass is 10.7. The van der Waals surface area contributed by atoms with Crippen LogP contribution >= 0.6 is 11.3 Å². The standard InChI is InChI=1S/C5H6OS2.H2O/c1-8(6)5-3-2-4-7-5;/h2-4H,1H3;1H2. The number of rotatable bonds is 1. The van der Waals surface area contributed by atoms with Crippen LogP contribution in [0.2, 0.25) is 0 Å². The van der Waals surface area contributed by atoms with E-state index in [-0.39, 0.29) is 5.48 Å². The van der Waals surface area contributed by atoms with Gasteiger partial charge in [0.2, 0.25) is 0 Å². The van der Waals surface area contributed by atoms with Crippen LogP contribution in [-0.2, 0) is 10.8 Å². The molecular formula is C5H8O2S2. The molecule has 1 atom stereocenters. The number of hydrogen-bond donors (Lipinski definition) is 0. The van der Waals surface area contributed by atoms with Gasteiger partial charge in [0.25, 0.3) is 0 Å². The molecule has 0 bridgehead atoms. The van der Waals surface area contributed by atoms with Gasteiger partial charge in [-0.25, -0.2) is 0 Å². The molecule has 1 aromatic heterocycles. The first-order chi connectivity index (χ1) is 3.80. The molecule has 0 spiro atoms. The van der Waals surface area contributed by atoms with E-state index >= 15 is 0 Å². The molecule has 1 aromatic rings. The van der Waals surface area contributed by atoms with Crippen molar-refractivity contribution in [3.63, 3.8) is 0 Å². The molecule has 2 nitrogen and oxygen atoms in total. The molecule has 0 amide bonds. The van der Waals surface area contributed by atoms with E-state index in [0.29, 0.717) is 0 Å². The molecule has 52 valence electrons. The third-order valence-corrected chi connectivity index (χ3v) is 3.14. The van der Waals surface area contributed by atoms with Crippen molar-refractivity contribution in [3.05, 3.63) is 17.5 Å². The molecule has 0 saturated heterocycles. The Kier molecular flexibility index (Phi) is 3.68. The van der Waals surface area contributed by atoms with E-state index in [1.165, 1.54) is 11.3 Å². The summed E-state index contributed by atoms with van der Waals surface area (Å²) in [4.78, 5) is 0. The Morgan fingerprint density at radius 2 is 2.33 bits per heavy atom. The molecule has 0 fully saturated rings. The van der Waals surface area contributed by atoms with E-state index in [9.17, 15) is 4.21 Å². The van der Waals surface area contributed by atoms with E-state index in [2.05, 4.69) is 0 Å². The third kappa shape index (κ3) is 2.26. The van der Waals surface area contributed by atoms with Crippen LogP contribution in [0.3, 0.4) is 0 Å². The molecule has 0 aromatic carbocycles. The van der Waals surface area contributed by atoms with Crippen molar-refractivity contribution in [1.29, 1.82) is 0 Å². The summed E-state index contributed by atoms with van der Waals surface area (Å²) in [6.45, 7) is 0. The van der Waals surface area contributed by atoms with Crippen LogP contribution in [0.15, 0.2) is 21.7 Å². The largest absolute Gasteiger partial charge is 0.412 e. The van der Waals surface area contributed by atoms with E-state index in [4.69, 9.17) is 0 Å². The van der Waals surface area contributed by atoms with Crippen LogP contribution in [0.4, 0.5) is 0 Å². The second-order valence-electron chi connectivity index (χ2n) is 1.39. The molecule has 0 aliphatic carbocycles. The summed E-state index contributed by atoms with van der Waals surface area (Å²) in [5.74, 6) is 0. The van der Waals surface area contributed by atoms with Crippen molar-refractivity contribution in [2.24, 2.45) is 0 Å². The monoisotopic (exact) mass is 164 g/mol. The summed E-state index contributed by atoms with van der Waals surface area (Å²) in [6, 6.07) is 3.78. The van der Waals surface area contributed by atoms with E-state index < -0.39 is 10.8 Å². The minimum absolute atomic E-state index is 0. The molecule has 0 radical (unpaired) electrons. The average Bonchev–Trinajstić information content (AvgIpc) is 2.12. The molecule has 0 aliphatic rings. The lowest BCUT2D eigenvalue weighted by Crippen LogP contribution is -1.78. The molecule has 2 N–H and O–H groups in total. The fourth-order valence-corrected chi connectivity index (χ4v) is 1.85. The van der Waals surface area contributed by atoms with Gasteiger partial charge in [-0.2, -0.15) is 0 Å². The van der Waals surface area contributed by atoms with Gasteiger partial charge in [-0.3, -0.25) is 4.21 Å². The zero-order valence-corrected chi connectivity index (χ0v) is 6.59. The topological polar surface area (TPSA) is 48.6 Å². The molecular weight excluding hydrogens is 156 g/mol. The second-order valence-corrected chi connectivity index (χ2v) is 3.94. The molecule has 9 heavy (non-hydrogen) atoms. The van der Waals surface area contributed by atoms with E-state index in [1.54, 1.807) is 6.26 Å². The Labute approximate surface area is 60.3 Å². The third-order valence-electron chi connectivity index (χ3n) is 0.778. The van der Waals surface area contributed by atoms with Crippen LogP contribution < -0.4 is 0 Å². The van der Waals surface area contributed by atoms with Gasteiger partial charge < -0.3 is 5.48 Å². The summed E-state index contributed by atoms with van der Waals surface area (Å²) in [5, 5.41) is 1.93. The molecule has 1 heterocycles. The van der Waals surface area contributed by atoms with Gasteiger partial charge in [0, 0.05) is 6.26 Å². The van der Waals surface area contributed by atoms with Crippen LogP contribution in [0.1, 0.15) is 0 Å². The first-order valence-electron chi connectivity index (χ1n) is 2.17. The number of thiophene rings is 1. The Morgan fingerprint density at radius 1 is 1.67 bits per heavy atom. The maximum Gasteiger partial charge on any atom is 0.0907 e. The zero-order chi connectivity index (χ0) is 5.98. The minimum atomic E-state index is -0.779. The lowest BCUT2D eigenvalue weighted by Gasteiger charge is -1.81. The first-order valence-corrected chi connectivity index (χ1v) is 4.61. The summed E-state index contributed by atoms with van der Waals surface area (Å²) in [6.07, 6.45) is 1.69. The van der Waals surface area contributed by atoms with Crippen molar-refractivity contribution >= 4 is 22.1 Å². The quantitative estimate of drug-likeness (QED) is 0.601. The van der Waals surface area contributed by atoms with Crippen molar-refractivity contribution in [2.75, 3.05) is 6.26 Å². The van der Waals surface area contributed by atoms with Gasteiger partial charge in [0.15, 0.2) is 0 Å².